The first-order chi connectivity index (χ1) is 10.1. The fraction of sp³-hybridized carbons (Fsp3) is 0.231. The Hall–Kier alpha value is -2.64. The van der Waals surface area contributed by atoms with Crippen LogP contribution in [0.25, 0.3) is 0 Å². The molecule has 21 heavy (non-hydrogen) atoms. The molecule has 0 fully saturated rings. The van der Waals surface area contributed by atoms with Crippen LogP contribution in [0.5, 0.6) is 5.75 Å². The molecule has 1 aromatic heterocycles. The normalized spacial score (nSPS) is 10.5. The van der Waals surface area contributed by atoms with E-state index in [1.165, 1.54) is 19.5 Å². The van der Waals surface area contributed by atoms with Crippen LogP contribution in [0.2, 0.25) is 0 Å². The van der Waals surface area contributed by atoms with E-state index in [1.54, 1.807) is 24.3 Å². The highest BCUT2D eigenvalue weighted by Gasteiger charge is 2.13. The van der Waals surface area contributed by atoms with Crippen molar-refractivity contribution >= 4 is 11.8 Å². The van der Waals surface area contributed by atoms with E-state index in [0.717, 1.165) is 0 Å². The Morgan fingerprint density at radius 2 is 2.19 bits per heavy atom. The summed E-state index contributed by atoms with van der Waals surface area (Å²) in [5.74, 6) is 0.407. The zero-order chi connectivity index (χ0) is 15.2. The number of rotatable bonds is 5. The highest BCUT2D eigenvalue weighted by atomic mass is 19.3. The first-order valence-electron chi connectivity index (χ1n) is 5.98. The van der Waals surface area contributed by atoms with Crippen molar-refractivity contribution in [1.82, 2.24) is 9.55 Å². The smallest absolute Gasteiger partial charge is 0.411 e. The van der Waals surface area contributed by atoms with Gasteiger partial charge in [0.25, 0.3) is 0 Å². The molecule has 1 aromatic carbocycles. The van der Waals surface area contributed by atoms with Crippen molar-refractivity contribution in [2.24, 2.45) is 0 Å². The van der Waals surface area contributed by atoms with Gasteiger partial charge in [0, 0.05) is 12.4 Å². The van der Waals surface area contributed by atoms with Crippen molar-refractivity contribution in [3.05, 3.63) is 42.5 Å². The Morgan fingerprint density at radius 1 is 1.43 bits per heavy atom. The van der Waals surface area contributed by atoms with Gasteiger partial charge in [-0.25, -0.2) is 9.78 Å². The van der Waals surface area contributed by atoms with E-state index in [9.17, 15) is 13.6 Å². The molecule has 1 N–H and O–H groups in total. The number of nitrogens with zero attached hydrogens (tertiary/aromatic N) is 2. The quantitative estimate of drug-likeness (QED) is 0.921. The minimum Gasteiger partial charge on any atom is -0.483 e. The van der Waals surface area contributed by atoms with Crippen LogP contribution in [0.1, 0.15) is 12.4 Å². The minimum absolute atomic E-state index is 0.0814. The van der Waals surface area contributed by atoms with Gasteiger partial charge in [-0.15, -0.1) is 0 Å². The molecular weight excluding hydrogens is 284 g/mol. The van der Waals surface area contributed by atoms with E-state index < -0.39 is 12.6 Å². The maximum Gasteiger partial charge on any atom is 0.411 e. The SMILES string of the molecule is COC(=O)Nc1ccccc1OCc1nccn1C(F)F. The highest BCUT2D eigenvalue weighted by Crippen LogP contribution is 2.25. The number of carbonyl (C=O) groups excluding carboxylic acids is 1. The number of para-hydroxylation sites is 2. The monoisotopic (exact) mass is 297 g/mol. The Kier molecular flexibility index (Phi) is 4.70. The number of hydrogen-bond donors (Lipinski definition) is 1. The number of nitrogens with one attached hydrogen (secondary N) is 1. The van der Waals surface area contributed by atoms with E-state index in [1.807, 2.05) is 0 Å². The molecular formula is C13H13F2N3O3. The molecule has 0 unspecified atom stereocenters. The maximum absolute atomic E-state index is 12.7. The number of amides is 1. The van der Waals surface area contributed by atoms with Gasteiger partial charge < -0.3 is 9.47 Å². The highest BCUT2D eigenvalue weighted by molar-refractivity contribution is 5.86. The largest absolute Gasteiger partial charge is 0.483 e. The van der Waals surface area contributed by atoms with Crippen LogP contribution in [-0.2, 0) is 11.3 Å². The zero-order valence-electron chi connectivity index (χ0n) is 11.1. The van der Waals surface area contributed by atoms with Crippen molar-refractivity contribution in [1.29, 1.82) is 0 Å². The number of alkyl halides is 2. The molecule has 6 nitrogen and oxygen atoms in total. The number of ether oxygens (including phenoxy) is 2. The number of imidazole rings is 1. The van der Waals surface area contributed by atoms with Crippen LogP contribution in [0.4, 0.5) is 19.3 Å². The maximum atomic E-state index is 12.7. The molecule has 0 spiro atoms. The Bertz CT molecular complexity index is 616. The molecule has 0 saturated carbocycles. The average molecular weight is 297 g/mol. The van der Waals surface area contributed by atoms with Gasteiger partial charge in [0.15, 0.2) is 5.82 Å². The molecule has 0 saturated heterocycles. The van der Waals surface area contributed by atoms with Crippen molar-refractivity contribution in [3.8, 4) is 5.75 Å². The topological polar surface area (TPSA) is 65.4 Å². The molecule has 1 heterocycles. The van der Waals surface area contributed by atoms with E-state index >= 15 is 0 Å². The van der Waals surface area contributed by atoms with Gasteiger partial charge in [-0.1, -0.05) is 12.1 Å². The van der Waals surface area contributed by atoms with Crippen LogP contribution in [-0.4, -0.2) is 22.8 Å². The first-order valence-corrected chi connectivity index (χ1v) is 5.98. The van der Waals surface area contributed by atoms with E-state index in [0.29, 0.717) is 16.0 Å². The molecule has 1 amide bonds. The summed E-state index contributed by atoms with van der Waals surface area (Å²) in [6.45, 7) is -2.84. The molecule has 0 atom stereocenters. The lowest BCUT2D eigenvalue weighted by molar-refractivity contribution is 0.0632. The Morgan fingerprint density at radius 3 is 2.90 bits per heavy atom. The van der Waals surface area contributed by atoms with Crippen LogP contribution in [0.15, 0.2) is 36.7 Å². The number of benzene rings is 1. The molecule has 0 radical (unpaired) electrons. The number of methoxy groups -OCH3 is 1. The number of hydrogen-bond acceptors (Lipinski definition) is 4. The number of aromatic nitrogens is 2. The Labute approximate surface area is 119 Å². The van der Waals surface area contributed by atoms with Gasteiger partial charge in [0.1, 0.15) is 12.4 Å². The van der Waals surface area contributed by atoms with Crippen molar-refractivity contribution < 1.29 is 23.0 Å². The third kappa shape index (κ3) is 3.68. The van der Waals surface area contributed by atoms with E-state index in [4.69, 9.17) is 4.74 Å². The summed E-state index contributed by atoms with van der Waals surface area (Å²) in [5.41, 5.74) is 0.375. The average Bonchev–Trinajstić information content (AvgIpc) is 2.95. The third-order valence-corrected chi connectivity index (χ3v) is 2.63. The van der Waals surface area contributed by atoms with Crippen LogP contribution in [0, 0.1) is 0 Å². The van der Waals surface area contributed by atoms with Crippen LogP contribution < -0.4 is 10.1 Å². The lowest BCUT2D eigenvalue weighted by atomic mass is 10.3. The predicted molar refractivity (Wildman–Crippen MR) is 70.3 cm³/mol. The van der Waals surface area contributed by atoms with E-state index in [2.05, 4.69) is 15.0 Å². The van der Waals surface area contributed by atoms with Gasteiger partial charge in [0.05, 0.1) is 12.8 Å². The standard InChI is InChI=1S/C13H13F2N3O3/c1-20-13(19)17-9-4-2-3-5-10(9)21-8-11-16-6-7-18(11)12(14)15/h2-7,12H,8H2,1H3,(H,17,19). The second-order valence-corrected chi connectivity index (χ2v) is 3.93. The van der Waals surface area contributed by atoms with Gasteiger partial charge in [-0.3, -0.25) is 9.88 Å². The van der Waals surface area contributed by atoms with Crippen LogP contribution >= 0.6 is 0 Å². The predicted octanol–water partition coefficient (Wildman–Crippen LogP) is 3.04. The molecule has 8 heteroatoms. The molecule has 2 aromatic rings. The summed E-state index contributed by atoms with van der Waals surface area (Å²) in [7, 11) is 1.23. The number of anilines is 1. The second kappa shape index (κ2) is 6.69. The fourth-order valence-electron chi connectivity index (χ4n) is 1.63. The number of halogens is 2. The molecule has 0 aliphatic carbocycles. The summed E-state index contributed by atoms with van der Waals surface area (Å²) >= 11 is 0. The summed E-state index contributed by atoms with van der Waals surface area (Å²) < 4.78 is 36.0. The van der Waals surface area contributed by atoms with Crippen molar-refractivity contribution in [3.63, 3.8) is 0 Å². The molecule has 0 bridgehead atoms. The lowest BCUT2D eigenvalue weighted by Crippen LogP contribution is -2.13. The Balaban J connectivity index is 2.09. The zero-order valence-corrected chi connectivity index (χ0v) is 11.1. The summed E-state index contributed by atoms with van der Waals surface area (Å²) in [6, 6.07) is 6.59. The number of carbonyl (C=O) groups is 1. The fourth-order valence-corrected chi connectivity index (χ4v) is 1.63. The minimum atomic E-state index is -2.69. The first kappa shape index (κ1) is 14.8. The van der Waals surface area contributed by atoms with Crippen LogP contribution in [0.3, 0.4) is 0 Å². The van der Waals surface area contributed by atoms with Gasteiger partial charge >= 0.3 is 12.6 Å². The molecule has 2 rings (SSSR count). The van der Waals surface area contributed by atoms with Gasteiger partial charge in [-0.05, 0) is 12.1 Å². The van der Waals surface area contributed by atoms with Gasteiger partial charge in [0.2, 0.25) is 0 Å². The lowest BCUT2D eigenvalue weighted by Gasteiger charge is -2.12. The van der Waals surface area contributed by atoms with Crippen molar-refractivity contribution in [2.75, 3.05) is 12.4 Å². The summed E-state index contributed by atoms with van der Waals surface area (Å²) in [5, 5.41) is 2.47. The van der Waals surface area contributed by atoms with E-state index in [-0.39, 0.29) is 12.4 Å². The second-order valence-electron chi connectivity index (χ2n) is 3.93. The molecule has 0 aliphatic rings. The van der Waals surface area contributed by atoms with Crippen molar-refractivity contribution in [2.45, 2.75) is 13.2 Å². The molecule has 112 valence electrons. The summed E-state index contributed by atoms with van der Waals surface area (Å²) in [4.78, 5) is 15.0. The van der Waals surface area contributed by atoms with Gasteiger partial charge in [-0.2, -0.15) is 8.78 Å². The third-order valence-electron chi connectivity index (χ3n) is 2.63. The molecule has 0 aliphatic heterocycles. The summed E-state index contributed by atoms with van der Waals surface area (Å²) in [6.07, 6.45) is 1.78.